The minimum Gasteiger partial charge on any atom is -0.386 e. The van der Waals surface area contributed by atoms with Crippen LogP contribution in [0.2, 0.25) is 0 Å². The van der Waals surface area contributed by atoms with Crippen LogP contribution in [0.5, 0.6) is 0 Å². The van der Waals surface area contributed by atoms with Crippen LogP contribution < -0.4 is 0 Å². The smallest absolute Gasteiger partial charge is 0.123 e. The highest BCUT2D eigenvalue weighted by Gasteiger charge is 2.13. The quantitative estimate of drug-likeness (QED) is 0.477. The van der Waals surface area contributed by atoms with Crippen molar-refractivity contribution in [2.75, 3.05) is 0 Å². The molecule has 26 heavy (non-hydrogen) atoms. The second-order valence-corrected chi connectivity index (χ2v) is 8.65. The predicted octanol–water partition coefficient (Wildman–Crippen LogP) is 6.03. The monoisotopic (exact) mass is 358 g/mol. The molecule has 0 amide bonds. The summed E-state index contributed by atoms with van der Waals surface area (Å²) in [6.07, 6.45) is 7.23. The van der Waals surface area contributed by atoms with Gasteiger partial charge in [0.15, 0.2) is 0 Å². The van der Waals surface area contributed by atoms with Gasteiger partial charge in [-0.2, -0.15) is 0 Å². The van der Waals surface area contributed by atoms with Crippen LogP contribution in [0.25, 0.3) is 0 Å². The Kier molecular flexibility index (Phi) is 10.4. The molecule has 2 unspecified atom stereocenters. The fourth-order valence-corrected chi connectivity index (χ4v) is 2.32. The molecule has 1 N–H and O–H groups in total. The average Bonchev–Trinajstić information content (AvgIpc) is 2.54. The zero-order valence-corrected chi connectivity index (χ0v) is 17.8. The summed E-state index contributed by atoms with van der Waals surface area (Å²) in [6.45, 7) is 18.0. The first-order chi connectivity index (χ1) is 11.9. The normalized spacial score (nSPS) is 14.3. The first-order valence-corrected chi connectivity index (χ1v) is 9.45. The summed E-state index contributed by atoms with van der Waals surface area (Å²) in [4.78, 5) is 10.5. The molecule has 0 aliphatic heterocycles. The molecule has 0 saturated heterocycles. The lowest BCUT2D eigenvalue weighted by Gasteiger charge is -2.19. The molecular weight excluding hydrogens is 320 g/mol. The van der Waals surface area contributed by atoms with Crippen LogP contribution in [-0.2, 0) is 16.6 Å². The van der Waals surface area contributed by atoms with E-state index in [0.29, 0.717) is 0 Å². The van der Waals surface area contributed by atoms with Crippen molar-refractivity contribution in [1.29, 1.82) is 0 Å². The summed E-state index contributed by atoms with van der Waals surface area (Å²) >= 11 is 0. The molecule has 146 valence electrons. The minimum absolute atomic E-state index is 0.116. The number of aldehydes is 1. The first kappa shape index (κ1) is 24.3. The SMILES string of the molecule is C=CC(C)(O)CCC=C(C)C.CC(C=O)Cc1ccc(C(C)(C)C)cc1. The second kappa shape index (κ2) is 11.1. The molecule has 2 atom stereocenters. The molecular formula is C24H38O2. The van der Waals surface area contributed by atoms with Crippen molar-refractivity contribution in [3.63, 3.8) is 0 Å². The summed E-state index contributed by atoms with van der Waals surface area (Å²) in [7, 11) is 0. The van der Waals surface area contributed by atoms with E-state index in [0.717, 1.165) is 25.5 Å². The fraction of sp³-hybridized carbons (Fsp3) is 0.542. The highest BCUT2D eigenvalue weighted by Crippen LogP contribution is 2.22. The van der Waals surface area contributed by atoms with Crippen LogP contribution in [0.4, 0.5) is 0 Å². The van der Waals surface area contributed by atoms with Crippen LogP contribution >= 0.6 is 0 Å². The maximum absolute atomic E-state index is 10.5. The third-order valence-corrected chi connectivity index (χ3v) is 4.25. The van der Waals surface area contributed by atoms with Crippen molar-refractivity contribution in [2.45, 2.75) is 78.7 Å². The van der Waals surface area contributed by atoms with Crippen LogP contribution in [0.3, 0.4) is 0 Å². The number of allylic oxidation sites excluding steroid dienone is 2. The van der Waals surface area contributed by atoms with Gasteiger partial charge >= 0.3 is 0 Å². The van der Waals surface area contributed by atoms with Gasteiger partial charge in [0.05, 0.1) is 5.60 Å². The van der Waals surface area contributed by atoms with E-state index in [-0.39, 0.29) is 11.3 Å². The van der Waals surface area contributed by atoms with Crippen LogP contribution in [-0.4, -0.2) is 17.0 Å². The number of benzene rings is 1. The Morgan fingerprint density at radius 1 is 1.15 bits per heavy atom. The third-order valence-electron chi connectivity index (χ3n) is 4.25. The van der Waals surface area contributed by atoms with Crippen molar-refractivity contribution < 1.29 is 9.90 Å². The number of carbonyl (C=O) groups excluding carboxylic acids is 1. The van der Waals surface area contributed by atoms with Gasteiger partial charge in [-0.25, -0.2) is 0 Å². The van der Waals surface area contributed by atoms with Crippen molar-refractivity contribution >= 4 is 6.29 Å². The molecule has 2 nitrogen and oxygen atoms in total. The van der Waals surface area contributed by atoms with Crippen molar-refractivity contribution in [1.82, 2.24) is 0 Å². The van der Waals surface area contributed by atoms with Gasteiger partial charge in [-0.1, -0.05) is 69.7 Å². The Bertz CT molecular complexity index is 567. The molecule has 1 rings (SSSR count). The lowest BCUT2D eigenvalue weighted by atomic mass is 9.86. The standard InChI is InChI=1S/C14H20O.C10H18O/c1-11(10-15)9-12-5-7-13(8-6-12)14(2,3)4;1-5-10(4,11)8-6-7-9(2)3/h5-8,10-11H,9H2,1-4H3;5,7,11H,1,6,8H2,2-4H3. The molecule has 0 aliphatic rings. The molecule has 0 heterocycles. The Balaban J connectivity index is 0.000000508. The van der Waals surface area contributed by atoms with Crippen LogP contribution in [0.15, 0.2) is 48.6 Å². The Hall–Kier alpha value is -1.67. The Morgan fingerprint density at radius 2 is 1.69 bits per heavy atom. The molecule has 0 fully saturated rings. The number of aliphatic hydroxyl groups is 1. The Morgan fingerprint density at radius 3 is 2.08 bits per heavy atom. The maximum Gasteiger partial charge on any atom is 0.123 e. The largest absolute Gasteiger partial charge is 0.386 e. The zero-order chi connectivity index (χ0) is 20.4. The third kappa shape index (κ3) is 11.0. The lowest BCUT2D eigenvalue weighted by molar-refractivity contribution is -0.110. The molecule has 0 aromatic heterocycles. The number of hydrogen-bond acceptors (Lipinski definition) is 2. The van der Waals surface area contributed by atoms with Crippen LogP contribution in [0.1, 0.15) is 72.4 Å². The number of carbonyl (C=O) groups is 1. The van der Waals surface area contributed by atoms with E-state index in [1.807, 2.05) is 6.92 Å². The van der Waals surface area contributed by atoms with E-state index < -0.39 is 5.60 Å². The number of rotatable bonds is 7. The van der Waals surface area contributed by atoms with E-state index in [1.165, 1.54) is 16.7 Å². The van der Waals surface area contributed by atoms with Gasteiger partial charge in [-0.3, -0.25) is 0 Å². The highest BCUT2D eigenvalue weighted by molar-refractivity contribution is 5.53. The molecule has 1 aromatic carbocycles. The van der Waals surface area contributed by atoms with Gasteiger partial charge in [0, 0.05) is 5.92 Å². The molecule has 0 spiro atoms. The van der Waals surface area contributed by atoms with E-state index in [1.54, 1.807) is 13.0 Å². The summed E-state index contributed by atoms with van der Waals surface area (Å²) in [6, 6.07) is 8.57. The molecule has 2 heteroatoms. The van der Waals surface area contributed by atoms with Crippen molar-refractivity contribution in [3.8, 4) is 0 Å². The fourth-order valence-electron chi connectivity index (χ4n) is 2.32. The average molecular weight is 359 g/mol. The van der Waals surface area contributed by atoms with Crippen LogP contribution in [0, 0.1) is 5.92 Å². The van der Waals surface area contributed by atoms with Crippen molar-refractivity contribution in [2.24, 2.45) is 5.92 Å². The van der Waals surface area contributed by atoms with E-state index in [2.05, 4.69) is 71.5 Å². The van der Waals surface area contributed by atoms with Gasteiger partial charge in [0.2, 0.25) is 0 Å². The van der Waals surface area contributed by atoms with Gasteiger partial charge < -0.3 is 9.90 Å². The summed E-state index contributed by atoms with van der Waals surface area (Å²) in [5.74, 6) is 0.116. The number of hydrogen-bond donors (Lipinski definition) is 1. The highest BCUT2D eigenvalue weighted by atomic mass is 16.3. The molecule has 0 saturated carbocycles. The molecule has 0 radical (unpaired) electrons. The van der Waals surface area contributed by atoms with Gasteiger partial charge in [0.1, 0.15) is 6.29 Å². The lowest BCUT2D eigenvalue weighted by Crippen LogP contribution is -2.19. The van der Waals surface area contributed by atoms with E-state index in [9.17, 15) is 9.90 Å². The van der Waals surface area contributed by atoms with Gasteiger partial charge in [0.25, 0.3) is 0 Å². The molecule has 1 aromatic rings. The van der Waals surface area contributed by atoms with Gasteiger partial charge in [-0.15, -0.1) is 6.58 Å². The summed E-state index contributed by atoms with van der Waals surface area (Å²) in [5, 5.41) is 9.49. The minimum atomic E-state index is -0.702. The molecule has 0 bridgehead atoms. The van der Waals surface area contributed by atoms with Gasteiger partial charge in [-0.05, 0) is 56.6 Å². The summed E-state index contributed by atoms with van der Waals surface area (Å²) < 4.78 is 0. The zero-order valence-electron chi connectivity index (χ0n) is 17.8. The topological polar surface area (TPSA) is 37.3 Å². The van der Waals surface area contributed by atoms with E-state index >= 15 is 0 Å². The molecule has 0 aliphatic carbocycles. The maximum atomic E-state index is 10.5. The van der Waals surface area contributed by atoms with E-state index in [4.69, 9.17) is 0 Å². The summed E-state index contributed by atoms with van der Waals surface area (Å²) in [5.41, 5.74) is 3.37. The predicted molar refractivity (Wildman–Crippen MR) is 114 cm³/mol. The second-order valence-electron chi connectivity index (χ2n) is 8.65. The van der Waals surface area contributed by atoms with Crippen molar-refractivity contribution in [3.05, 3.63) is 59.7 Å². The Labute approximate surface area is 161 Å². The first-order valence-electron chi connectivity index (χ1n) is 9.45.